The zero-order valence-electron chi connectivity index (χ0n) is 16.4. The van der Waals surface area contributed by atoms with Gasteiger partial charge in [0.25, 0.3) is 5.91 Å². The summed E-state index contributed by atoms with van der Waals surface area (Å²) in [6.45, 7) is 5.93. The van der Waals surface area contributed by atoms with Crippen molar-refractivity contribution in [2.75, 3.05) is 40.3 Å². The van der Waals surface area contributed by atoms with Crippen molar-refractivity contribution in [1.82, 2.24) is 19.4 Å². The van der Waals surface area contributed by atoms with Crippen molar-refractivity contribution in [1.29, 1.82) is 0 Å². The van der Waals surface area contributed by atoms with Crippen molar-refractivity contribution in [3.8, 4) is 5.75 Å². The number of carbonyl (C=O) groups is 1. The van der Waals surface area contributed by atoms with E-state index in [9.17, 15) is 4.79 Å². The number of hydrogen-bond acceptors (Lipinski definition) is 6. The van der Waals surface area contributed by atoms with E-state index in [0.29, 0.717) is 10.8 Å². The van der Waals surface area contributed by atoms with Crippen LogP contribution in [0.3, 0.4) is 0 Å². The number of piperidine rings is 1. The largest absolute Gasteiger partial charge is 0.497 e. The van der Waals surface area contributed by atoms with Crippen LogP contribution in [0.15, 0.2) is 24.3 Å². The lowest BCUT2D eigenvalue weighted by Gasteiger charge is -2.33. The lowest BCUT2D eigenvalue weighted by molar-refractivity contribution is 0.0744. The Kier molecular flexibility index (Phi) is 6.79. The molecule has 1 saturated heterocycles. The Morgan fingerprint density at radius 1 is 1.30 bits per heavy atom. The number of nitrogens with zero attached hydrogens (tertiary/aromatic N) is 4. The molecule has 1 fully saturated rings. The van der Waals surface area contributed by atoms with Gasteiger partial charge < -0.3 is 14.5 Å². The molecule has 146 valence electrons. The van der Waals surface area contributed by atoms with Gasteiger partial charge in [-0.3, -0.25) is 4.79 Å². The molecule has 1 aromatic carbocycles. The van der Waals surface area contributed by atoms with Crippen LogP contribution in [0.4, 0.5) is 0 Å². The number of amides is 1. The first-order valence-corrected chi connectivity index (χ1v) is 10.2. The van der Waals surface area contributed by atoms with Crippen LogP contribution in [0.5, 0.6) is 5.75 Å². The van der Waals surface area contributed by atoms with Crippen LogP contribution in [0, 0.1) is 12.8 Å². The van der Waals surface area contributed by atoms with Gasteiger partial charge in [-0.25, -0.2) is 0 Å². The number of hydrogen-bond donors (Lipinski definition) is 0. The third-order valence-corrected chi connectivity index (χ3v) is 6.12. The summed E-state index contributed by atoms with van der Waals surface area (Å²) in [5.74, 6) is 1.52. The Hall–Kier alpha value is -1.99. The molecule has 0 aliphatic carbocycles. The van der Waals surface area contributed by atoms with Crippen LogP contribution >= 0.6 is 11.5 Å². The molecule has 0 unspecified atom stereocenters. The van der Waals surface area contributed by atoms with E-state index in [2.05, 4.69) is 26.6 Å². The number of ether oxygens (including phenoxy) is 1. The first-order valence-electron chi connectivity index (χ1n) is 9.46. The molecule has 0 atom stereocenters. The summed E-state index contributed by atoms with van der Waals surface area (Å²) in [4.78, 5) is 17.5. The first kappa shape index (κ1) is 19.8. The maximum Gasteiger partial charge on any atom is 0.267 e. The normalized spacial score (nSPS) is 15.7. The van der Waals surface area contributed by atoms with Crippen molar-refractivity contribution < 1.29 is 9.53 Å². The van der Waals surface area contributed by atoms with Gasteiger partial charge in [0.15, 0.2) is 0 Å². The lowest BCUT2D eigenvalue weighted by Crippen LogP contribution is -2.40. The fourth-order valence-corrected chi connectivity index (χ4v) is 4.20. The zero-order chi connectivity index (χ0) is 19.2. The minimum Gasteiger partial charge on any atom is -0.497 e. The molecule has 0 spiro atoms. The summed E-state index contributed by atoms with van der Waals surface area (Å²) in [5, 5.41) is 3.94. The quantitative estimate of drug-likeness (QED) is 0.730. The van der Waals surface area contributed by atoms with Crippen LogP contribution in [-0.4, -0.2) is 65.6 Å². The molecule has 0 saturated carbocycles. The van der Waals surface area contributed by atoms with Gasteiger partial charge in [0.1, 0.15) is 10.6 Å². The molecular formula is C20H28N4O2S. The predicted octanol–water partition coefficient (Wildman–Crippen LogP) is 2.88. The summed E-state index contributed by atoms with van der Waals surface area (Å²) >= 11 is 1.19. The second-order valence-electron chi connectivity index (χ2n) is 7.26. The molecule has 2 aromatic rings. The highest BCUT2D eigenvalue weighted by atomic mass is 32.1. The van der Waals surface area contributed by atoms with Gasteiger partial charge >= 0.3 is 0 Å². The van der Waals surface area contributed by atoms with Gasteiger partial charge in [-0.15, -0.1) is 5.10 Å². The molecule has 1 aromatic heterocycles. The van der Waals surface area contributed by atoms with Crippen molar-refractivity contribution in [3.63, 3.8) is 0 Å². The summed E-state index contributed by atoms with van der Waals surface area (Å²) in [7, 11) is 3.58. The topological polar surface area (TPSA) is 58.6 Å². The average molecular weight is 389 g/mol. The molecule has 1 aliphatic heterocycles. The average Bonchev–Trinajstić information content (AvgIpc) is 3.13. The third kappa shape index (κ3) is 5.26. The smallest absolute Gasteiger partial charge is 0.267 e. The minimum absolute atomic E-state index is 0.0458. The Morgan fingerprint density at radius 3 is 2.59 bits per heavy atom. The number of benzene rings is 1. The molecule has 6 nitrogen and oxygen atoms in total. The highest BCUT2D eigenvalue weighted by Crippen LogP contribution is 2.20. The predicted molar refractivity (Wildman–Crippen MR) is 107 cm³/mol. The zero-order valence-corrected chi connectivity index (χ0v) is 17.2. The van der Waals surface area contributed by atoms with E-state index in [1.807, 2.05) is 31.0 Å². The van der Waals surface area contributed by atoms with Gasteiger partial charge in [0.05, 0.1) is 12.8 Å². The molecule has 0 bridgehead atoms. The molecule has 0 N–H and O–H groups in total. The van der Waals surface area contributed by atoms with Crippen molar-refractivity contribution in [3.05, 3.63) is 40.4 Å². The van der Waals surface area contributed by atoms with Gasteiger partial charge in [-0.1, -0.05) is 16.6 Å². The third-order valence-electron chi connectivity index (χ3n) is 5.31. The van der Waals surface area contributed by atoms with Gasteiger partial charge in [0, 0.05) is 20.1 Å². The van der Waals surface area contributed by atoms with Crippen LogP contribution in [0.1, 0.15) is 33.8 Å². The lowest BCUT2D eigenvalue weighted by atomic mass is 9.96. The van der Waals surface area contributed by atoms with Crippen molar-refractivity contribution in [2.24, 2.45) is 5.92 Å². The molecule has 0 radical (unpaired) electrons. The monoisotopic (exact) mass is 388 g/mol. The number of aryl methyl sites for hydroxylation is 1. The van der Waals surface area contributed by atoms with Crippen molar-refractivity contribution >= 4 is 17.4 Å². The second-order valence-corrected chi connectivity index (χ2v) is 8.01. The maximum atomic E-state index is 12.5. The minimum atomic E-state index is 0.0458. The van der Waals surface area contributed by atoms with Gasteiger partial charge in [-0.05, 0) is 74.4 Å². The molecule has 3 rings (SSSR count). The molecule has 1 aliphatic rings. The van der Waals surface area contributed by atoms with E-state index in [1.54, 1.807) is 7.11 Å². The SMILES string of the molecule is COc1ccc(CCN2CCC(CN(C)C(=O)c3snnc3C)CC2)cc1. The van der Waals surface area contributed by atoms with Crippen LogP contribution in [0.25, 0.3) is 0 Å². The fourth-order valence-electron chi connectivity index (χ4n) is 3.54. The Bertz CT molecular complexity index is 739. The summed E-state index contributed by atoms with van der Waals surface area (Å²) < 4.78 is 9.08. The van der Waals surface area contributed by atoms with Crippen molar-refractivity contribution in [2.45, 2.75) is 26.2 Å². The number of methoxy groups -OCH3 is 1. The van der Waals surface area contributed by atoms with Crippen LogP contribution in [-0.2, 0) is 6.42 Å². The molecule has 27 heavy (non-hydrogen) atoms. The Balaban J connectivity index is 1.40. The van der Waals surface area contributed by atoms with E-state index in [4.69, 9.17) is 4.74 Å². The number of carbonyl (C=O) groups excluding carboxylic acids is 1. The Labute approximate surface area is 165 Å². The molecule has 2 heterocycles. The summed E-state index contributed by atoms with van der Waals surface area (Å²) in [5.41, 5.74) is 2.07. The van der Waals surface area contributed by atoms with Crippen LogP contribution in [0.2, 0.25) is 0 Å². The molecular weight excluding hydrogens is 360 g/mol. The van der Waals surface area contributed by atoms with E-state index in [-0.39, 0.29) is 5.91 Å². The number of likely N-dealkylation sites (tertiary alicyclic amines) is 1. The van der Waals surface area contributed by atoms with E-state index < -0.39 is 0 Å². The maximum absolute atomic E-state index is 12.5. The van der Waals surface area contributed by atoms with Gasteiger partial charge in [0.2, 0.25) is 0 Å². The summed E-state index contributed by atoms with van der Waals surface area (Å²) in [6, 6.07) is 8.33. The molecule has 1 amide bonds. The van der Waals surface area contributed by atoms with E-state index in [0.717, 1.165) is 56.9 Å². The number of aromatic nitrogens is 2. The molecule has 7 heteroatoms. The van der Waals surface area contributed by atoms with Gasteiger partial charge in [-0.2, -0.15) is 0 Å². The highest BCUT2D eigenvalue weighted by Gasteiger charge is 2.24. The highest BCUT2D eigenvalue weighted by molar-refractivity contribution is 7.07. The van der Waals surface area contributed by atoms with Crippen LogP contribution < -0.4 is 4.74 Å². The van der Waals surface area contributed by atoms with E-state index in [1.165, 1.54) is 17.1 Å². The fraction of sp³-hybridized carbons (Fsp3) is 0.550. The second kappa shape index (κ2) is 9.28. The summed E-state index contributed by atoms with van der Waals surface area (Å²) in [6.07, 6.45) is 3.34. The number of rotatable bonds is 7. The standard InChI is InChI=1S/C20H28N4O2S/c1-15-19(27-22-21-15)20(25)23(2)14-17-9-12-24(13-10-17)11-8-16-4-6-18(26-3)7-5-16/h4-7,17H,8-14H2,1-3H3. The Morgan fingerprint density at radius 2 is 2.00 bits per heavy atom. The van der Waals surface area contributed by atoms with E-state index >= 15 is 0 Å². The first-order chi connectivity index (χ1) is 13.1.